The van der Waals surface area contributed by atoms with Crippen molar-refractivity contribution in [2.75, 3.05) is 11.9 Å². The van der Waals surface area contributed by atoms with E-state index in [4.69, 9.17) is 4.74 Å². The third-order valence-corrected chi connectivity index (χ3v) is 5.02. The quantitative estimate of drug-likeness (QED) is 0.691. The molecule has 0 saturated heterocycles. The smallest absolute Gasteiger partial charge is 0.338 e. The number of anilines is 1. The van der Waals surface area contributed by atoms with Crippen molar-refractivity contribution in [3.8, 4) is 0 Å². The van der Waals surface area contributed by atoms with Gasteiger partial charge in [-0.2, -0.15) is 0 Å². The van der Waals surface area contributed by atoms with Gasteiger partial charge in [0.25, 0.3) is 5.91 Å². The Hall–Kier alpha value is -2.74. The van der Waals surface area contributed by atoms with Crippen LogP contribution in [0.4, 0.5) is 5.69 Å². The van der Waals surface area contributed by atoms with Crippen LogP contribution >= 0.6 is 11.3 Å². The fourth-order valence-electron chi connectivity index (χ4n) is 2.61. The van der Waals surface area contributed by atoms with E-state index in [-0.39, 0.29) is 17.8 Å². The zero-order chi connectivity index (χ0) is 18.8. The van der Waals surface area contributed by atoms with Crippen LogP contribution in [-0.4, -0.2) is 33.1 Å². The molecular weight excluding hydrogens is 352 g/mol. The Morgan fingerprint density at radius 2 is 1.92 bits per heavy atom. The normalized spacial score (nSPS) is 11.1. The Kier molecular flexibility index (Phi) is 5.03. The van der Waals surface area contributed by atoms with Gasteiger partial charge in [0.15, 0.2) is 0 Å². The summed E-state index contributed by atoms with van der Waals surface area (Å²) < 4.78 is 6.87. The van der Waals surface area contributed by atoms with E-state index in [0.717, 1.165) is 11.5 Å². The summed E-state index contributed by atoms with van der Waals surface area (Å²) in [5.74, 6) is 0.460. The molecule has 7 nitrogen and oxygen atoms in total. The number of aryl methyl sites for hydroxylation is 1. The van der Waals surface area contributed by atoms with E-state index in [1.54, 1.807) is 31.2 Å². The third-order valence-electron chi connectivity index (χ3n) is 3.89. The van der Waals surface area contributed by atoms with Gasteiger partial charge in [0.1, 0.15) is 10.7 Å². The van der Waals surface area contributed by atoms with E-state index in [0.29, 0.717) is 27.7 Å². The molecule has 0 atom stereocenters. The number of carbonyl (C=O) groups excluding carboxylic acids is 2. The molecule has 26 heavy (non-hydrogen) atoms. The molecule has 0 saturated carbocycles. The van der Waals surface area contributed by atoms with Gasteiger partial charge in [-0.1, -0.05) is 25.2 Å². The molecule has 0 spiro atoms. The molecule has 8 heteroatoms. The Morgan fingerprint density at radius 3 is 2.54 bits per heavy atom. The fraction of sp³-hybridized carbons (Fsp3) is 0.333. The van der Waals surface area contributed by atoms with Gasteiger partial charge >= 0.3 is 5.97 Å². The monoisotopic (exact) mass is 372 g/mol. The predicted octanol–water partition coefficient (Wildman–Crippen LogP) is 3.65. The number of nitrogens with one attached hydrogen (secondary N) is 1. The zero-order valence-corrected chi connectivity index (χ0v) is 15.9. The lowest BCUT2D eigenvalue weighted by Crippen LogP contribution is -2.13. The molecule has 1 amide bonds. The van der Waals surface area contributed by atoms with Crippen molar-refractivity contribution >= 4 is 33.9 Å². The van der Waals surface area contributed by atoms with Crippen molar-refractivity contribution in [3.05, 3.63) is 46.2 Å². The van der Waals surface area contributed by atoms with Gasteiger partial charge in [-0.15, -0.1) is 10.2 Å². The van der Waals surface area contributed by atoms with Gasteiger partial charge in [-0.25, -0.2) is 4.79 Å². The molecule has 136 valence electrons. The summed E-state index contributed by atoms with van der Waals surface area (Å²) in [7, 11) is 0. The lowest BCUT2D eigenvalue weighted by atomic mass is 10.2. The maximum atomic E-state index is 12.7. The maximum Gasteiger partial charge on any atom is 0.338 e. The molecule has 2 heterocycles. The number of rotatable bonds is 5. The highest BCUT2D eigenvalue weighted by Crippen LogP contribution is 2.26. The minimum absolute atomic E-state index is 0.211. The summed E-state index contributed by atoms with van der Waals surface area (Å²) in [5, 5.41) is 11.2. The fourth-order valence-corrected chi connectivity index (χ4v) is 3.57. The van der Waals surface area contributed by atoms with Crippen LogP contribution in [0.1, 0.15) is 58.2 Å². The number of amides is 1. The summed E-state index contributed by atoms with van der Waals surface area (Å²) in [4.78, 5) is 25.6. The molecule has 1 N–H and O–H groups in total. The first kappa shape index (κ1) is 18.1. The SMILES string of the molecule is CCOC(=O)c1ccc(NC(=O)c2sc3nnc(C(C)C)n3c2C)cc1. The Morgan fingerprint density at radius 1 is 1.23 bits per heavy atom. The summed E-state index contributed by atoms with van der Waals surface area (Å²) in [6, 6.07) is 6.61. The maximum absolute atomic E-state index is 12.7. The van der Waals surface area contributed by atoms with E-state index in [2.05, 4.69) is 15.5 Å². The number of carbonyl (C=O) groups is 2. The minimum Gasteiger partial charge on any atom is -0.462 e. The highest BCUT2D eigenvalue weighted by atomic mass is 32.1. The molecule has 3 rings (SSSR count). The average Bonchev–Trinajstić information content (AvgIpc) is 3.16. The van der Waals surface area contributed by atoms with Crippen LogP contribution < -0.4 is 5.32 Å². The first-order valence-corrected chi connectivity index (χ1v) is 9.17. The van der Waals surface area contributed by atoms with E-state index in [1.807, 2.05) is 25.2 Å². The largest absolute Gasteiger partial charge is 0.462 e. The predicted molar refractivity (Wildman–Crippen MR) is 100 cm³/mol. The summed E-state index contributed by atoms with van der Waals surface area (Å²) in [6.45, 7) is 8.05. The first-order valence-electron chi connectivity index (χ1n) is 8.35. The standard InChI is InChI=1S/C18H20N4O3S/c1-5-25-17(24)12-6-8-13(9-7-12)19-16(23)14-11(4)22-15(10(2)3)20-21-18(22)26-14/h6-10H,5H2,1-4H3,(H,19,23). The Bertz CT molecular complexity index is 957. The molecule has 0 unspecified atom stereocenters. The number of aromatic nitrogens is 3. The number of hydrogen-bond acceptors (Lipinski definition) is 6. The summed E-state index contributed by atoms with van der Waals surface area (Å²) in [6.07, 6.45) is 0. The molecule has 0 radical (unpaired) electrons. The van der Waals surface area contributed by atoms with Crippen molar-refractivity contribution in [3.63, 3.8) is 0 Å². The number of ether oxygens (including phenoxy) is 1. The summed E-state index contributed by atoms with van der Waals surface area (Å²) >= 11 is 1.31. The lowest BCUT2D eigenvalue weighted by Gasteiger charge is -2.07. The second-order valence-electron chi connectivity index (χ2n) is 6.10. The van der Waals surface area contributed by atoms with Gasteiger partial charge in [-0.05, 0) is 38.1 Å². The Balaban J connectivity index is 1.81. The summed E-state index contributed by atoms with van der Waals surface area (Å²) in [5.41, 5.74) is 1.87. The minimum atomic E-state index is -0.380. The number of fused-ring (bicyclic) bond motifs is 1. The molecule has 0 fully saturated rings. The van der Waals surface area contributed by atoms with Crippen molar-refractivity contribution in [2.45, 2.75) is 33.6 Å². The molecule has 2 aromatic heterocycles. The van der Waals surface area contributed by atoms with Crippen LogP contribution in [0.3, 0.4) is 0 Å². The number of hydrogen-bond donors (Lipinski definition) is 1. The third kappa shape index (κ3) is 3.32. The number of benzene rings is 1. The number of thiazole rings is 1. The van der Waals surface area contributed by atoms with Gasteiger partial charge in [0.2, 0.25) is 4.96 Å². The first-order chi connectivity index (χ1) is 12.4. The van der Waals surface area contributed by atoms with Gasteiger partial charge < -0.3 is 10.1 Å². The molecule has 3 aromatic rings. The van der Waals surface area contributed by atoms with Crippen LogP contribution in [-0.2, 0) is 4.74 Å². The average molecular weight is 372 g/mol. The second-order valence-corrected chi connectivity index (χ2v) is 7.08. The topological polar surface area (TPSA) is 85.6 Å². The molecule has 1 aromatic carbocycles. The Labute approximate surface area is 155 Å². The highest BCUT2D eigenvalue weighted by Gasteiger charge is 2.21. The molecular formula is C18H20N4O3S. The van der Waals surface area contributed by atoms with Crippen molar-refractivity contribution in [1.82, 2.24) is 14.6 Å². The van der Waals surface area contributed by atoms with Gasteiger partial charge in [0, 0.05) is 17.3 Å². The van der Waals surface area contributed by atoms with Crippen molar-refractivity contribution in [2.24, 2.45) is 0 Å². The van der Waals surface area contributed by atoms with Gasteiger partial charge in [-0.3, -0.25) is 9.20 Å². The van der Waals surface area contributed by atoms with Crippen molar-refractivity contribution in [1.29, 1.82) is 0 Å². The molecule has 0 aliphatic rings. The molecule has 0 aliphatic carbocycles. The second kappa shape index (κ2) is 7.25. The van der Waals surface area contributed by atoms with E-state index < -0.39 is 0 Å². The van der Waals surface area contributed by atoms with Gasteiger partial charge in [0.05, 0.1) is 12.2 Å². The number of esters is 1. The van der Waals surface area contributed by atoms with E-state index >= 15 is 0 Å². The van der Waals surface area contributed by atoms with Crippen LogP contribution in [0.2, 0.25) is 0 Å². The van der Waals surface area contributed by atoms with Crippen LogP contribution in [0.25, 0.3) is 4.96 Å². The lowest BCUT2D eigenvalue weighted by molar-refractivity contribution is 0.0526. The van der Waals surface area contributed by atoms with Crippen molar-refractivity contribution < 1.29 is 14.3 Å². The zero-order valence-electron chi connectivity index (χ0n) is 15.1. The van der Waals surface area contributed by atoms with Crippen LogP contribution in [0.15, 0.2) is 24.3 Å². The highest BCUT2D eigenvalue weighted by molar-refractivity contribution is 7.19. The van der Waals surface area contributed by atoms with Crippen LogP contribution in [0.5, 0.6) is 0 Å². The van der Waals surface area contributed by atoms with E-state index in [1.165, 1.54) is 11.3 Å². The molecule has 0 aliphatic heterocycles. The van der Waals surface area contributed by atoms with E-state index in [9.17, 15) is 9.59 Å². The molecule has 0 bridgehead atoms. The van der Waals surface area contributed by atoms with Crippen LogP contribution in [0, 0.1) is 6.92 Å². The number of nitrogens with zero attached hydrogens (tertiary/aromatic N) is 3.